The molecule has 0 atom stereocenters. The van der Waals surface area contributed by atoms with Crippen molar-refractivity contribution in [1.82, 2.24) is 4.98 Å². The van der Waals surface area contributed by atoms with E-state index in [2.05, 4.69) is 10.3 Å². The van der Waals surface area contributed by atoms with Gasteiger partial charge >= 0.3 is 0 Å². The van der Waals surface area contributed by atoms with Crippen LogP contribution in [0.15, 0.2) is 17.5 Å². The maximum Gasteiger partial charge on any atom is 0.263 e. The lowest BCUT2D eigenvalue weighted by molar-refractivity contribution is 0.1000. The van der Waals surface area contributed by atoms with E-state index < -0.39 is 28.9 Å². The van der Waals surface area contributed by atoms with Crippen LogP contribution in [0.4, 0.5) is 18.3 Å². The fourth-order valence-corrected chi connectivity index (χ4v) is 2.16. The predicted octanol–water partition coefficient (Wildman–Crippen LogP) is 3.02. The summed E-state index contributed by atoms with van der Waals surface area (Å²) in [6, 6.07) is 0.807. The fourth-order valence-electron chi connectivity index (χ4n) is 1.41. The minimum Gasteiger partial charge on any atom is -0.298 e. The van der Waals surface area contributed by atoms with Crippen LogP contribution in [0.3, 0.4) is 0 Å². The number of ketones is 1. The Labute approximate surface area is 115 Å². The predicted molar refractivity (Wildman–Crippen MR) is 66.4 cm³/mol. The standard InChI is InChI=1S/C12H7F3N2O2S/c1-5(18)9-4-20-12(16-9)17-11(19)10-7(14)2-6(13)3-8(10)15/h2-4H,1H3,(H,16,17,19). The van der Waals surface area contributed by atoms with Gasteiger partial charge in [0.2, 0.25) is 0 Å². The number of nitrogens with one attached hydrogen (secondary N) is 1. The molecule has 0 aliphatic heterocycles. The number of hydrogen-bond donors (Lipinski definition) is 1. The van der Waals surface area contributed by atoms with E-state index in [1.807, 2.05) is 0 Å². The first-order valence-corrected chi connectivity index (χ1v) is 6.19. The number of nitrogens with zero attached hydrogens (tertiary/aromatic N) is 1. The van der Waals surface area contributed by atoms with Crippen molar-refractivity contribution in [3.05, 3.63) is 46.2 Å². The van der Waals surface area contributed by atoms with Gasteiger partial charge in [-0.05, 0) is 0 Å². The summed E-state index contributed by atoms with van der Waals surface area (Å²) in [4.78, 5) is 26.5. The summed E-state index contributed by atoms with van der Waals surface area (Å²) in [5.74, 6) is -5.17. The molecule has 0 fully saturated rings. The fraction of sp³-hybridized carbons (Fsp3) is 0.0833. The van der Waals surface area contributed by atoms with Crippen LogP contribution >= 0.6 is 11.3 Å². The first-order valence-electron chi connectivity index (χ1n) is 5.31. The van der Waals surface area contributed by atoms with E-state index in [0.29, 0.717) is 12.1 Å². The van der Waals surface area contributed by atoms with Crippen LogP contribution in [0.2, 0.25) is 0 Å². The summed E-state index contributed by atoms with van der Waals surface area (Å²) in [5.41, 5.74) is -0.781. The molecule has 1 N–H and O–H groups in total. The molecule has 104 valence electrons. The van der Waals surface area contributed by atoms with Gasteiger partial charge in [-0.25, -0.2) is 18.2 Å². The second-order valence-electron chi connectivity index (χ2n) is 3.79. The second kappa shape index (κ2) is 5.41. The maximum absolute atomic E-state index is 13.4. The van der Waals surface area contributed by atoms with Crippen molar-refractivity contribution in [2.24, 2.45) is 0 Å². The number of amides is 1. The zero-order chi connectivity index (χ0) is 14.9. The molecule has 1 aromatic heterocycles. The summed E-state index contributed by atoms with van der Waals surface area (Å²) in [6.45, 7) is 1.29. The van der Waals surface area contributed by atoms with Gasteiger partial charge in [0.1, 0.15) is 28.7 Å². The number of hydrogen-bond acceptors (Lipinski definition) is 4. The zero-order valence-corrected chi connectivity index (χ0v) is 10.9. The molecule has 2 rings (SSSR count). The molecular weight excluding hydrogens is 293 g/mol. The number of aromatic nitrogens is 1. The van der Waals surface area contributed by atoms with E-state index in [-0.39, 0.29) is 16.6 Å². The number of thiazole rings is 1. The average Bonchev–Trinajstić information content (AvgIpc) is 2.75. The third-order valence-corrected chi connectivity index (χ3v) is 3.08. The molecule has 8 heteroatoms. The number of carbonyl (C=O) groups excluding carboxylic acids is 2. The SMILES string of the molecule is CC(=O)c1csc(NC(=O)c2c(F)cc(F)cc2F)n1. The number of halogens is 3. The molecule has 0 saturated heterocycles. The summed E-state index contributed by atoms with van der Waals surface area (Å²) < 4.78 is 39.5. The van der Waals surface area contributed by atoms with Gasteiger partial charge in [0.15, 0.2) is 10.9 Å². The topological polar surface area (TPSA) is 59.1 Å². The Morgan fingerprint density at radius 1 is 1.20 bits per heavy atom. The molecule has 0 aliphatic carbocycles. The molecule has 1 heterocycles. The van der Waals surface area contributed by atoms with Crippen molar-refractivity contribution in [2.45, 2.75) is 6.92 Å². The van der Waals surface area contributed by atoms with E-state index in [1.54, 1.807) is 0 Å². The molecule has 2 aromatic rings. The Balaban J connectivity index is 2.26. The quantitative estimate of drug-likeness (QED) is 0.886. The molecule has 0 saturated carbocycles. The Kier molecular flexibility index (Phi) is 3.84. The van der Waals surface area contributed by atoms with E-state index in [4.69, 9.17) is 0 Å². The van der Waals surface area contributed by atoms with Gasteiger partial charge in [0, 0.05) is 24.4 Å². The highest BCUT2D eigenvalue weighted by Gasteiger charge is 2.20. The first-order chi connectivity index (χ1) is 9.38. The van der Waals surface area contributed by atoms with Gasteiger partial charge in [0.25, 0.3) is 5.91 Å². The molecule has 0 spiro atoms. The van der Waals surface area contributed by atoms with Gasteiger partial charge in [-0.1, -0.05) is 0 Å². The van der Waals surface area contributed by atoms with Crippen LogP contribution in [0.1, 0.15) is 27.8 Å². The lowest BCUT2D eigenvalue weighted by atomic mass is 10.2. The van der Waals surface area contributed by atoms with Crippen LogP contribution in [0.25, 0.3) is 0 Å². The van der Waals surface area contributed by atoms with Crippen molar-refractivity contribution in [2.75, 3.05) is 5.32 Å². The molecule has 20 heavy (non-hydrogen) atoms. The van der Waals surface area contributed by atoms with Crippen molar-refractivity contribution in [3.63, 3.8) is 0 Å². The van der Waals surface area contributed by atoms with Gasteiger partial charge in [-0.15, -0.1) is 11.3 Å². The van der Waals surface area contributed by atoms with Crippen molar-refractivity contribution in [3.8, 4) is 0 Å². The molecule has 0 aliphatic rings. The third kappa shape index (κ3) is 2.85. The highest BCUT2D eigenvalue weighted by Crippen LogP contribution is 2.19. The normalized spacial score (nSPS) is 10.4. The number of anilines is 1. The first kappa shape index (κ1) is 14.2. The Hall–Kier alpha value is -2.22. The van der Waals surface area contributed by atoms with E-state index in [0.717, 1.165) is 11.3 Å². The smallest absolute Gasteiger partial charge is 0.263 e. The van der Waals surface area contributed by atoms with E-state index in [1.165, 1.54) is 12.3 Å². The number of carbonyl (C=O) groups is 2. The van der Waals surface area contributed by atoms with Crippen molar-refractivity contribution < 1.29 is 22.8 Å². The third-order valence-electron chi connectivity index (χ3n) is 2.32. The Morgan fingerprint density at radius 2 is 1.80 bits per heavy atom. The van der Waals surface area contributed by atoms with E-state index in [9.17, 15) is 22.8 Å². The molecule has 1 aromatic carbocycles. The highest BCUT2D eigenvalue weighted by atomic mass is 32.1. The Morgan fingerprint density at radius 3 is 2.30 bits per heavy atom. The van der Waals surface area contributed by atoms with Crippen LogP contribution < -0.4 is 5.32 Å². The number of rotatable bonds is 3. The summed E-state index contributed by atoms with van der Waals surface area (Å²) >= 11 is 0.933. The van der Waals surface area contributed by atoms with Gasteiger partial charge in [0.05, 0.1) is 0 Å². The van der Waals surface area contributed by atoms with Gasteiger partial charge in [-0.2, -0.15) is 0 Å². The van der Waals surface area contributed by atoms with Crippen LogP contribution in [0.5, 0.6) is 0 Å². The monoisotopic (exact) mass is 300 g/mol. The maximum atomic E-state index is 13.4. The molecule has 1 amide bonds. The zero-order valence-electron chi connectivity index (χ0n) is 10.0. The molecule has 0 radical (unpaired) electrons. The summed E-state index contributed by atoms with van der Waals surface area (Å²) in [5, 5.41) is 3.56. The minimum atomic E-state index is -1.32. The summed E-state index contributed by atoms with van der Waals surface area (Å²) in [6.07, 6.45) is 0. The summed E-state index contributed by atoms with van der Waals surface area (Å²) in [7, 11) is 0. The Bertz CT molecular complexity index is 677. The van der Waals surface area contributed by atoms with Crippen LogP contribution in [-0.4, -0.2) is 16.7 Å². The van der Waals surface area contributed by atoms with Gasteiger partial charge in [-0.3, -0.25) is 14.9 Å². The molecular formula is C12H7F3N2O2S. The molecule has 0 bridgehead atoms. The number of Topliss-reactive ketones (excluding diaryl/α,β-unsaturated/α-hetero) is 1. The number of benzene rings is 1. The minimum absolute atomic E-state index is 0.0170. The second-order valence-corrected chi connectivity index (χ2v) is 4.65. The molecule has 0 unspecified atom stereocenters. The van der Waals surface area contributed by atoms with Crippen molar-refractivity contribution >= 4 is 28.2 Å². The molecule has 4 nitrogen and oxygen atoms in total. The van der Waals surface area contributed by atoms with E-state index >= 15 is 0 Å². The lowest BCUT2D eigenvalue weighted by Crippen LogP contribution is -2.16. The average molecular weight is 300 g/mol. The van der Waals surface area contributed by atoms with Crippen LogP contribution in [0, 0.1) is 17.5 Å². The van der Waals surface area contributed by atoms with Gasteiger partial charge < -0.3 is 0 Å². The highest BCUT2D eigenvalue weighted by molar-refractivity contribution is 7.14. The lowest BCUT2D eigenvalue weighted by Gasteiger charge is -2.04. The van der Waals surface area contributed by atoms with Crippen LogP contribution in [-0.2, 0) is 0 Å². The largest absolute Gasteiger partial charge is 0.298 e. The van der Waals surface area contributed by atoms with Crippen molar-refractivity contribution in [1.29, 1.82) is 0 Å².